The van der Waals surface area contributed by atoms with Crippen LogP contribution in [0.5, 0.6) is 0 Å². The van der Waals surface area contributed by atoms with E-state index < -0.39 is 15.6 Å². The van der Waals surface area contributed by atoms with E-state index in [-0.39, 0.29) is 4.90 Å². The molecule has 0 saturated heterocycles. The topological polar surface area (TPSA) is 46.2 Å². The summed E-state index contributed by atoms with van der Waals surface area (Å²) in [4.78, 5) is 0.235. The van der Waals surface area contributed by atoms with Crippen LogP contribution in [0.4, 0.5) is 0 Å². The van der Waals surface area contributed by atoms with Crippen LogP contribution in [0, 0.1) is 6.92 Å². The Morgan fingerprint density at radius 3 is 1.92 bits per heavy atom. The van der Waals surface area contributed by atoms with Crippen LogP contribution in [-0.4, -0.2) is 8.42 Å². The number of sulfonamides is 1. The lowest BCUT2D eigenvalue weighted by Crippen LogP contribution is -2.44. The molecule has 3 rings (SSSR count). The summed E-state index contributed by atoms with van der Waals surface area (Å²) in [7, 11) is -3.72. The zero-order valence-corrected chi connectivity index (χ0v) is 16.2. The molecule has 0 aliphatic heterocycles. The van der Waals surface area contributed by atoms with Crippen LogP contribution in [0.3, 0.4) is 0 Å². The molecule has 0 spiro atoms. The van der Waals surface area contributed by atoms with Crippen molar-refractivity contribution in [3.63, 3.8) is 0 Å². The summed E-state index contributed by atoms with van der Waals surface area (Å²) in [5.41, 5.74) is 1.73. The first-order chi connectivity index (χ1) is 12.3. The smallest absolute Gasteiger partial charge is 0.207 e. The number of nitrogens with one attached hydrogen (secondary N) is 1. The maximum atomic E-state index is 13.0. The highest BCUT2D eigenvalue weighted by Crippen LogP contribution is 2.32. The normalized spacial score (nSPS) is 14.0. The summed E-state index contributed by atoms with van der Waals surface area (Å²) in [5.74, 6) is 0. The Kier molecular flexibility index (Phi) is 5.19. The second-order valence-corrected chi connectivity index (χ2v) is 8.54. The van der Waals surface area contributed by atoms with Gasteiger partial charge in [0.1, 0.15) is 0 Å². The van der Waals surface area contributed by atoms with Crippen molar-refractivity contribution in [1.82, 2.24) is 4.72 Å². The quantitative estimate of drug-likeness (QED) is 0.679. The van der Waals surface area contributed by atoms with Crippen LogP contribution >= 0.6 is 11.6 Å². The van der Waals surface area contributed by atoms with Gasteiger partial charge < -0.3 is 0 Å². The van der Waals surface area contributed by atoms with Crippen LogP contribution in [0.25, 0.3) is 0 Å². The minimum absolute atomic E-state index is 0.235. The monoisotopic (exact) mass is 385 g/mol. The Labute approximate surface area is 159 Å². The van der Waals surface area contributed by atoms with E-state index in [4.69, 9.17) is 11.6 Å². The molecule has 0 fully saturated rings. The lowest BCUT2D eigenvalue weighted by molar-refractivity contribution is 0.503. The molecule has 0 heterocycles. The van der Waals surface area contributed by atoms with Gasteiger partial charge in [-0.2, -0.15) is 4.72 Å². The summed E-state index contributed by atoms with van der Waals surface area (Å²) in [6.45, 7) is 3.78. The van der Waals surface area contributed by atoms with E-state index in [2.05, 4.69) is 4.72 Å². The Bertz CT molecular complexity index is 984. The van der Waals surface area contributed by atoms with Gasteiger partial charge in [-0.05, 0) is 49.2 Å². The van der Waals surface area contributed by atoms with Gasteiger partial charge in [-0.15, -0.1) is 0 Å². The van der Waals surface area contributed by atoms with E-state index in [1.807, 2.05) is 56.3 Å². The molecule has 0 aliphatic carbocycles. The van der Waals surface area contributed by atoms with Crippen molar-refractivity contribution >= 4 is 21.6 Å². The molecule has 3 aromatic rings. The van der Waals surface area contributed by atoms with Gasteiger partial charge in [0, 0.05) is 5.02 Å². The van der Waals surface area contributed by atoms with E-state index in [0.717, 1.165) is 16.7 Å². The Morgan fingerprint density at radius 2 is 1.35 bits per heavy atom. The average molecular weight is 386 g/mol. The van der Waals surface area contributed by atoms with Gasteiger partial charge in [-0.1, -0.05) is 71.8 Å². The van der Waals surface area contributed by atoms with Gasteiger partial charge in [-0.25, -0.2) is 8.42 Å². The van der Waals surface area contributed by atoms with Gasteiger partial charge in [0.2, 0.25) is 10.0 Å². The number of aryl methyl sites for hydroxylation is 1. The molecule has 0 bridgehead atoms. The molecule has 1 N–H and O–H groups in total. The molecule has 5 heteroatoms. The van der Waals surface area contributed by atoms with E-state index in [1.165, 1.54) is 0 Å². The fourth-order valence-corrected chi connectivity index (χ4v) is 4.40. The van der Waals surface area contributed by atoms with E-state index in [1.54, 1.807) is 36.4 Å². The van der Waals surface area contributed by atoms with Crippen LogP contribution in [-0.2, 0) is 15.6 Å². The van der Waals surface area contributed by atoms with Gasteiger partial charge in [0.15, 0.2) is 0 Å². The van der Waals surface area contributed by atoms with Crippen molar-refractivity contribution in [3.8, 4) is 0 Å². The summed E-state index contributed by atoms with van der Waals surface area (Å²) < 4.78 is 29.0. The first kappa shape index (κ1) is 18.6. The first-order valence-electron chi connectivity index (χ1n) is 8.23. The average Bonchev–Trinajstić information content (AvgIpc) is 2.63. The molecule has 3 aromatic carbocycles. The lowest BCUT2D eigenvalue weighted by atomic mass is 9.86. The van der Waals surface area contributed by atoms with Crippen molar-refractivity contribution in [2.45, 2.75) is 24.3 Å². The largest absolute Gasteiger partial charge is 0.241 e. The second-order valence-electron chi connectivity index (χ2n) is 6.42. The molecule has 134 valence electrons. The molecule has 26 heavy (non-hydrogen) atoms. The van der Waals surface area contributed by atoms with Crippen molar-refractivity contribution in [1.29, 1.82) is 0 Å². The molecule has 0 radical (unpaired) electrons. The highest BCUT2D eigenvalue weighted by molar-refractivity contribution is 7.89. The predicted octanol–water partition coefficient (Wildman–Crippen LogP) is 4.89. The van der Waals surface area contributed by atoms with Crippen molar-refractivity contribution in [2.75, 3.05) is 0 Å². The first-order valence-corrected chi connectivity index (χ1v) is 10.1. The highest BCUT2D eigenvalue weighted by Gasteiger charge is 2.34. The molecule has 3 nitrogen and oxygen atoms in total. The zero-order valence-electron chi connectivity index (χ0n) is 14.6. The van der Waals surface area contributed by atoms with Crippen molar-refractivity contribution in [2.24, 2.45) is 0 Å². The summed E-state index contributed by atoms with van der Waals surface area (Å²) in [6.07, 6.45) is 0. The van der Waals surface area contributed by atoms with Crippen LogP contribution < -0.4 is 4.72 Å². The van der Waals surface area contributed by atoms with Crippen LogP contribution in [0.1, 0.15) is 23.6 Å². The number of benzene rings is 3. The van der Waals surface area contributed by atoms with Gasteiger partial charge >= 0.3 is 0 Å². The van der Waals surface area contributed by atoms with E-state index in [0.29, 0.717) is 5.02 Å². The highest BCUT2D eigenvalue weighted by atomic mass is 35.5. The van der Waals surface area contributed by atoms with Gasteiger partial charge in [-0.3, -0.25) is 0 Å². The number of halogens is 1. The van der Waals surface area contributed by atoms with Gasteiger partial charge in [0.05, 0.1) is 10.4 Å². The fraction of sp³-hybridized carbons (Fsp3) is 0.143. The van der Waals surface area contributed by atoms with Crippen molar-refractivity contribution < 1.29 is 8.42 Å². The minimum Gasteiger partial charge on any atom is -0.207 e. The summed E-state index contributed by atoms with van der Waals surface area (Å²) >= 11 is 6.01. The summed E-state index contributed by atoms with van der Waals surface area (Å²) in [5, 5.41) is 0.602. The molecular formula is C21H20ClNO2S. The molecule has 0 aliphatic rings. The maximum absolute atomic E-state index is 13.0. The molecule has 0 saturated carbocycles. The number of hydrogen-bond acceptors (Lipinski definition) is 2. The molecule has 0 amide bonds. The van der Waals surface area contributed by atoms with E-state index in [9.17, 15) is 8.42 Å². The maximum Gasteiger partial charge on any atom is 0.241 e. The van der Waals surface area contributed by atoms with Crippen molar-refractivity contribution in [3.05, 3.63) is 101 Å². The SMILES string of the molecule is Cc1ccc(S(=O)(=O)N[C@](C)(c2ccccc2)c2ccc(Cl)cc2)cc1. The third kappa shape index (κ3) is 3.83. The third-order valence-electron chi connectivity index (χ3n) is 4.44. The second kappa shape index (κ2) is 7.23. The zero-order chi connectivity index (χ0) is 18.8. The van der Waals surface area contributed by atoms with E-state index >= 15 is 0 Å². The third-order valence-corrected chi connectivity index (χ3v) is 6.26. The fourth-order valence-electron chi connectivity index (χ4n) is 2.88. The Morgan fingerprint density at radius 1 is 0.808 bits per heavy atom. The predicted molar refractivity (Wildman–Crippen MR) is 106 cm³/mol. The van der Waals surface area contributed by atoms with Crippen LogP contribution in [0.15, 0.2) is 83.8 Å². The minimum atomic E-state index is -3.72. The molecule has 1 atom stereocenters. The number of rotatable bonds is 5. The molecular weight excluding hydrogens is 366 g/mol. The lowest BCUT2D eigenvalue weighted by Gasteiger charge is -2.32. The molecule has 0 unspecified atom stereocenters. The number of hydrogen-bond donors (Lipinski definition) is 1. The summed E-state index contributed by atoms with van der Waals surface area (Å²) in [6, 6.07) is 23.5. The standard InChI is InChI=1S/C21H20ClNO2S/c1-16-8-14-20(15-9-16)26(24,25)23-21(2,17-6-4-3-5-7-17)18-10-12-19(22)13-11-18/h3-15,23H,1-2H3/t21-/m1/s1. The Balaban J connectivity index is 2.09. The Hall–Kier alpha value is -2.14. The molecule has 0 aromatic heterocycles. The van der Waals surface area contributed by atoms with Crippen LogP contribution in [0.2, 0.25) is 5.02 Å². The van der Waals surface area contributed by atoms with Gasteiger partial charge in [0.25, 0.3) is 0 Å².